The maximum Gasteiger partial charge on any atom is 0.199 e. The summed E-state index contributed by atoms with van der Waals surface area (Å²) < 4.78 is 51.0. The molecule has 0 saturated heterocycles. The fraction of sp³-hybridized carbons (Fsp3) is 0.294. The molecule has 0 aliphatic heterocycles. The molecule has 0 spiro atoms. The Labute approximate surface area is 137 Å². The van der Waals surface area contributed by atoms with Gasteiger partial charge in [0.25, 0.3) is 0 Å². The topological polar surface area (TPSA) is 68.3 Å². The van der Waals surface area contributed by atoms with Crippen molar-refractivity contribution < 1.29 is 16.8 Å². The zero-order valence-corrected chi connectivity index (χ0v) is 14.3. The summed E-state index contributed by atoms with van der Waals surface area (Å²) in [5, 5.41) is 0. The summed E-state index contributed by atoms with van der Waals surface area (Å²) in [5.41, 5.74) is 0. The second kappa shape index (κ2) is 5.46. The minimum absolute atomic E-state index is 0.0612. The van der Waals surface area contributed by atoms with Crippen LogP contribution in [-0.4, -0.2) is 20.9 Å². The van der Waals surface area contributed by atoms with Gasteiger partial charge in [-0.2, -0.15) is 0 Å². The van der Waals surface area contributed by atoms with Gasteiger partial charge < -0.3 is 0 Å². The first-order valence-corrected chi connectivity index (χ1v) is 10.4. The standard InChI is InChI=1S/C17H18O4S2/c1-14-12-13-17(14,22(18,19)15-8-4-2-5-9-15)23(20,21)16-10-6-3-7-11-16/h2-11,14H,12-13H2,1H3. The highest BCUT2D eigenvalue weighted by atomic mass is 32.3. The van der Waals surface area contributed by atoms with E-state index in [0.717, 1.165) is 0 Å². The van der Waals surface area contributed by atoms with Crippen molar-refractivity contribution in [3.05, 3.63) is 60.7 Å². The van der Waals surface area contributed by atoms with Gasteiger partial charge in [0.1, 0.15) is 0 Å². The average molecular weight is 350 g/mol. The first kappa shape index (κ1) is 16.2. The van der Waals surface area contributed by atoms with Gasteiger partial charge in [-0.3, -0.25) is 0 Å². The molecule has 122 valence electrons. The van der Waals surface area contributed by atoms with Gasteiger partial charge in [0.05, 0.1) is 9.79 Å². The highest BCUT2D eigenvalue weighted by Gasteiger charge is 2.64. The molecule has 3 rings (SSSR count). The zero-order valence-electron chi connectivity index (χ0n) is 12.7. The normalized spacial score (nSPS) is 20.7. The average Bonchev–Trinajstić information content (AvgIpc) is 2.55. The van der Waals surface area contributed by atoms with E-state index in [1.165, 1.54) is 24.3 Å². The molecule has 2 aromatic carbocycles. The summed E-state index contributed by atoms with van der Waals surface area (Å²) in [4.78, 5) is 0.122. The van der Waals surface area contributed by atoms with Crippen molar-refractivity contribution in [2.24, 2.45) is 5.92 Å². The van der Waals surface area contributed by atoms with Crippen molar-refractivity contribution in [2.45, 2.75) is 33.6 Å². The first-order chi connectivity index (χ1) is 10.8. The third-order valence-electron chi connectivity index (χ3n) is 4.69. The van der Waals surface area contributed by atoms with E-state index >= 15 is 0 Å². The Hall–Kier alpha value is -1.66. The molecule has 1 saturated carbocycles. The second-order valence-electron chi connectivity index (χ2n) is 5.88. The van der Waals surface area contributed by atoms with Gasteiger partial charge in [0.15, 0.2) is 23.8 Å². The van der Waals surface area contributed by atoms with Crippen LogP contribution in [0.25, 0.3) is 0 Å². The van der Waals surface area contributed by atoms with E-state index in [4.69, 9.17) is 0 Å². The van der Waals surface area contributed by atoms with E-state index in [2.05, 4.69) is 0 Å². The molecule has 1 atom stereocenters. The lowest BCUT2D eigenvalue weighted by atomic mass is 9.86. The van der Waals surface area contributed by atoms with Crippen molar-refractivity contribution in [1.82, 2.24) is 0 Å². The molecule has 0 N–H and O–H groups in total. The Bertz CT molecular complexity index is 832. The lowest BCUT2D eigenvalue weighted by Gasteiger charge is -2.45. The predicted octanol–water partition coefficient (Wildman–Crippen LogP) is 3.06. The lowest BCUT2D eigenvalue weighted by molar-refractivity contribution is 0.297. The number of sulfone groups is 2. The Morgan fingerprint density at radius 3 is 1.43 bits per heavy atom. The molecule has 0 heterocycles. The van der Waals surface area contributed by atoms with Crippen LogP contribution in [0.4, 0.5) is 0 Å². The van der Waals surface area contributed by atoms with Crippen LogP contribution in [0.2, 0.25) is 0 Å². The monoisotopic (exact) mass is 350 g/mol. The number of benzene rings is 2. The number of rotatable bonds is 4. The summed E-state index contributed by atoms with van der Waals surface area (Å²) in [6.07, 6.45) is 0.709. The Kier molecular flexibility index (Phi) is 3.84. The number of hydrogen-bond acceptors (Lipinski definition) is 4. The molecule has 6 heteroatoms. The molecule has 1 fully saturated rings. The van der Waals surface area contributed by atoms with Crippen LogP contribution in [-0.2, 0) is 19.7 Å². The quantitative estimate of drug-likeness (QED) is 0.850. The van der Waals surface area contributed by atoms with Gasteiger partial charge in [-0.25, -0.2) is 16.8 Å². The second-order valence-corrected chi connectivity index (χ2v) is 10.6. The van der Waals surface area contributed by atoms with Crippen LogP contribution in [0.1, 0.15) is 19.8 Å². The third kappa shape index (κ3) is 2.16. The Morgan fingerprint density at radius 2 is 1.17 bits per heavy atom. The minimum atomic E-state index is -4.01. The molecule has 2 aromatic rings. The van der Waals surface area contributed by atoms with Crippen LogP contribution in [0.3, 0.4) is 0 Å². The van der Waals surface area contributed by atoms with Crippen molar-refractivity contribution in [2.75, 3.05) is 0 Å². The van der Waals surface area contributed by atoms with Gasteiger partial charge in [-0.15, -0.1) is 0 Å². The fourth-order valence-corrected chi connectivity index (χ4v) is 8.84. The molecule has 23 heavy (non-hydrogen) atoms. The van der Waals surface area contributed by atoms with E-state index in [1.54, 1.807) is 43.3 Å². The molecule has 0 aromatic heterocycles. The molecule has 0 amide bonds. The lowest BCUT2D eigenvalue weighted by Crippen LogP contribution is -2.57. The largest absolute Gasteiger partial charge is 0.222 e. The Morgan fingerprint density at radius 1 is 0.783 bits per heavy atom. The van der Waals surface area contributed by atoms with E-state index in [-0.39, 0.29) is 16.2 Å². The van der Waals surface area contributed by atoms with Crippen LogP contribution in [0.5, 0.6) is 0 Å². The molecule has 1 aliphatic carbocycles. The first-order valence-electron chi connectivity index (χ1n) is 7.43. The summed E-state index contributed by atoms with van der Waals surface area (Å²) in [5.74, 6) is -0.446. The minimum Gasteiger partial charge on any atom is -0.222 e. The smallest absolute Gasteiger partial charge is 0.199 e. The van der Waals surface area contributed by atoms with Crippen LogP contribution in [0, 0.1) is 5.92 Å². The van der Waals surface area contributed by atoms with E-state index in [9.17, 15) is 16.8 Å². The molecule has 4 nitrogen and oxygen atoms in total. The molecule has 0 radical (unpaired) electrons. The molecule has 0 bridgehead atoms. The Balaban J connectivity index is 2.24. The van der Waals surface area contributed by atoms with Gasteiger partial charge >= 0.3 is 0 Å². The third-order valence-corrected chi connectivity index (χ3v) is 10.8. The fourth-order valence-electron chi connectivity index (χ4n) is 3.21. The van der Waals surface area contributed by atoms with Gasteiger partial charge in [-0.1, -0.05) is 43.3 Å². The van der Waals surface area contributed by atoms with E-state index in [1.807, 2.05) is 0 Å². The molecular formula is C17H18O4S2. The van der Waals surface area contributed by atoms with Gasteiger partial charge in [0.2, 0.25) is 0 Å². The van der Waals surface area contributed by atoms with Crippen molar-refractivity contribution >= 4 is 19.7 Å². The van der Waals surface area contributed by atoms with Crippen molar-refractivity contribution in [1.29, 1.82) is 0 Å². The maximum atomic E-state index is 13.2. The molecular weight excluding hydrogens is 332 g/mol. The molecule has 1 aliphatic rings. The van der Waals surface area contributed by atoms with Crippen molar-refractivity contribution in [3.63, 3.8) is 0 Å². The van der Waals surface area contributed by atoms with Crippen molar-refractivity contribution in [3.8, 4) is 0 Å². The maximum absolute atomic E-state index is 13.2. The van der Waals surface area contributed by atoms with Gasteiger partial charge in [0, 0.05) is 0 Å². The van der Waals surface area contributed by atoms with Crippen LogP contribution >= 0.6 is 0 Å². The zero-order chi connectivity index (χ0) is 16.7. The summed E-state index contributed by atoms with van der Waals surface area (Å²) >= 11 is 0. The summed E-state index contributed by atoms with van der Waals surface area (Å²) in [7, 11) is -8.01. The highest BCUT2D eigenvalue weighted by Crippen LogP contribution is 2.53. The summed E-state index contributed by atoms with van der Waals surface area (Å²) in [6.45, 7) is 1.70. The van der Waals surface area contributed by atoms with E-state index in [0.29, 0.717) is 6.42 Å². The summed E-state index contributed by atoms with van der Waals surface area (Å²) in [6, 6.07) is 15.7. The molecule has 1 unspecified atom stereocenters. The van der Waals surface area contributed by atoms with Gasteiger partial charge in [-0.05, 0) is 43.0 Å². The number of hydrogen-bond donors (Lipinski definition) is 0. The predicted molar refractivity (Wildman–Crippen MR) is 88.4 cm³/mol. The van der Waals surface area contributed by atoms with Crippen LogP contribution < -0.4 is 0 Å². The highest BCUT2D eigenvalue weighted by molar-refractivity contribution is 8.10. The van der Waals surface area contributed by atoms with Crippen LogP contribution in [0.15, 0.2) is 70.5 Å². The SMILES string of the molecule is CC1CCC1(S(=O)(=O)c1ccccc1)S(=O)(=O)c1ccccc1. The van der Waals surface area contributed by atoms with E-state index < -0.39 is 29.7 Å².